The van der Waals surface area contributed by atoms with E-state index >= 15 is 0 Å². The number of hydrogen-bond donors (Lipinski definition) is 3. The maximum absolute atomic E-state index is 14.4. The predicted molar refractivity (Wildman–Crippen MR) is 190 cm³/mol. The molecule has 0 aliphatic carbocycles. The van der Waals surface area contributed by atoms with Crippen LogP contribution in [0.4, 0.5) is 4.39 Å². The lowest BCUT2D eigenvalue weighted by Gasteiger charge is -2.34. The fourth-order valence-electron chi connectivity index (χ4n) is 6.78. The summed E-state index contributed by atoms with van der Waals surface area (Å²) >= 11 is 0. The first-order chi connectivity index (χ1) is 25.0. The van der Waals surface area contributed by atoms with E-state index < -0.39 is 47.8 Å². The van der Waals surface area contributed by atoms with Crippen LogP contribution in [0.15, 0.2) is 54.7 Å². The molecule has 4 atom stereocenters. The Morgan fingerprint density at radius 2 is 1.75 bits per heavy atom. The number of nitrogens with one attached hydrogen (secondary N) is 2. The number of benzene rings is 2. The van der Waals surface area contributed by atoms with E-state index in [1.54, 1.807) is 17.9 Å². The second kappa shape index (κ2) is 18.1. The summed E-state index contributed by atoms with van der Waals surface area (Å²) in [5, 5.41) is 24.9. The van der Waals surface area contributed by atoms with Crippen LogP contribution in [0.1, 0.15) is 80.4 Å². The van der Waals surface area contributed by atoms with Gasteiger partial charge in [-0.05, 0) is 42.9 Å². The molecule has 2 bridgehead atoms. The van der Waals surface area contributed by atoms with Gasteiger partial charge in [0.2, 0.25) is 17.7 Å². The molecule has 5 rings (SSSR count). The number of rotatable bonds is 4. The van der Waals surface area contributed by atoms with Crippen LogP contribution in [0.5, 0.6) is 5.75 Å². The molecule has 1 saturated heterocycles. The number of carbonyl (C=O) groups excluding carboxylic acids is 4. The van der Waals surface area contributed by atoms with Crippen LogP contribution < -0.4 is 15.4 Å². The number of aromatic nitrogens is 3. The normalized spacial score (nSPS) is 23.2. The highest BCUT2D eigenvalue weighted by molar-refractivity contribution is 6.00. The summed E-state index contributed by atoms with van der Waals surface area (Å²) in [6, 6.07) is 9.95. The van der Waals surface area contributed by atoms with Crippen LogP contribution in [0.25, 0.3) is 0 Å². The van der Waals surface area contributed by atoms with Gasteiger partial charge in [-0.25, -0.2) is 4.39 Å². The number of aryl methyl sites for hydroxylation is 1. The van der Waals surface area contributed by atoms with Gasteiger partial charge in [-0.1, -0.05) is 68.7 Å². The standard InChI is InChI=1S/C38H50FN7O6/c1-25(2)18-31-37(50)46-23-29(47)21-33(46)38(51)44(3)32(19-26-12-8-7-9-13-26)36(49)40-16-10-5-4-6-11-17-45-22-28(42-43-45)24-52-34-20-27(39)14-15-30(34)35(48)41-31/h7-9,12-15,20,22,25,29,31-33,47H,4-6,10-11,16-19,21,23-24H2,1-3H3,(H,40,49)(H,41,48)/t29-,31+,32-,33+/m0/s1. The average molecular weight is 720 g/mol. The molecule has 0 saturated carbocycles. The van der Waals surface area contributed by atoms with Gasteiger partial charge < -0.3 is 30.3 Å². The van der Waals surface area contributed by atoms with Gasteiger partial charge in [0.1, 0.15) is 42.0 Å². The molecule has 52 heavy (non-hydrogen) atoms. The van der Waals surface area contributed by atoms with E-state index in [2.05, 4.69) is 20.9 Å². The Hall–Kier alpha value is -4.85. The summed E-state index contributed by atoms with van der Waals surface area (Å²) in [4.78, 5) is 58.6. The third-order valence-corrected chi connectivity index (χ3v) is 9.56. The van der Waals surface area contributed by atoms with Crippen molar-refractivity contribution in [2.45, 2.75) is 103 Å². The molecular weight excluding hydrogens is 669 g/mol. The maximum Gasteiger partial charge on any atom is 0.255 e. The first-order valence-corrected chi connectivity index (χ1v) is 18.2. The fourth-order valence-corrected chi connectivity index (χ4v) is 6.78. The molecule has 13 nitrogen and oxygen atoms in total. The maximum atomic E-state index is 14.4. The summed E-state index contributed by atoms with van der Waals surface area (Å²) in [6.07, 6.45) is 5.71. The second-order valence-corrected chi connectivity index (χ2v) is 14.2. The zero-order chi connectivity index (χ0) is 37.2. The number of fused-ring (bicyclic) bond motifs is 4. The zero-order valence-electron chi connectivity index (χ0n) is 30.2. The van der Waals surface area contributed by atoms with Crippen LogP contribution in [0, 0.1) is 11.7 Å². The Bertz CT molecular complexity index is 1680. The molecule has 3 heterocycles. The van der Waals surface area contributed by atoms with Gasteiger partial charge >= 0.3 is 0 Å². The molecule has 3 aromatic rings. The van der Waals surface area contributed by atoms with Crippen molar-refractivity contribution in [3.8, 4) is 5.75 Å². The average Bonchev–Trinajstić information content (AvgIpc) is 3.75. The molecule has 0 unspecified atom stereocenters. The number of nitrogens with zero attached hydrogens (tertiary/aromatic N) is 5. The largest absolute Gasteiger partial charge is 0.486 e. The van der Waals surface area contributed by atoms with E-state index in [9.17, 15) is 28.7 Å². The Kier molecular flexibility index (Phi) is 13.3. The van der Waals surface area contributed by atoms with Gasteiger partial charge in [0.15, 0.2) is 0 Å². The van der Waals surface area contributed by atoms with Crippen molar-refractivity contribution < 1.29 is 33.4 Å². The summed E-state index contributed by atoms with van der Waals surface area (Å²) in [5.74, 6) is -2.66. The molecule has 280 valence electrons. The van der Waals surface area contributed by atoms with Crippen LogP contribution in [0.3, 0.4) is 0 Å². The fraction of sp³-hybridized carbons (Fsp3) is 0.526. The number of hydrogen-bond acceptors (Lipinski definition) is 8. The molecule has 0 radical (unpaired) electrons. The molecule has 4 amide bonds. The number of halogens is 1. The van der Waals surface area contributed by atoms with Gasteiger partial charge in [0.25, 0.3) is 5.91 Å². The third-order valence-electron chi connectivity index (χ3n) is 9.56. The van der Waals surface area contributed by atoms with Crippen molar-refractivity contribution in [3.05, 3.63) is 77.4 Å². The zero-order valence-corrected chi connectivity index (χ0v) is 30.2. The van der Waals surface area contributed by atoms with Crippen LogP contribution in [-0.2, 0) is 34.0 Å². The van der Waals surface area contributed by atoms with Crippen molar-refractivity contribution in [2.24, 2.45) is 5.92 Å². The van der Waals surface area contributed by atoms with E-state index in [-0.39, 0.29) is 55.6 Å². The van der Waals surface area contributed by atoms with E-state index in [1.807, 2.05) is 44.2 Å². The Morgan fingerprint density at radius 1 is 1.00 bits per heavy atom. The number of aliphatic hydroxyl groups excluding tert-OH is 1. The molecular formula is C38H50FN7O6. The van der Waals surface area contributed by atoms with E-state index in [1.165, 1.54) is 15.9 Å². The van der Waals surface area contributed by atoms with Crippen LogP contribution >= 0.6 is 0 Å². The van der Waals surface area contributed by atoms with Gasteiger partial charge in [-0.2, -0.15) is 0 Å². The van der Waals surface area contributed by atoms with Crippen molar-refractivity contribution in [3.63, 3.8) is 0 Å². The molecule has 1 fully saturated rings. The van der Waals surface area contributed by atoms with Crippen molar-refractivity contribution in [2.75, 3.05) is 20.1 Å². The molecule has 2 aromatic carbocycles. The van der Waals surface area contributed by atoms with E-state index in [0.717, 1.165) is 49.8 Å². The minimum atomic E-state index is -1.07. The number of aliphatic hydroxyl groups is 1. The smallest absolute Gasteiger partial charge is 0.255 e. The van der Waals surface area contributed by atoms with Crippen LogP contribution in [-0.4, -0.2) is 97.9 Å². The molecule has 2 aliphatic rings. The Balaban J connectivity index is 1.44. The van der Waals surface area contributed by atoms with Crippen molar-refractivity contribution in [1.29, 1.82) is 0 Å². The van der Waals surface area contributed by atoms with Crippen molar-refractivity contribution in [1.82, 2.24) is 35.4 Å². The van der Waals surface area contributed by atoms with Crippen LogP contribution in [0.2, 0.25) is 0 Å². The highest BCUT2D eigenvalue weighted by atomic mass is 19.1. The number of ether oxygens (including phenoxy) is 1. The van der Waals surface area contributed by atoms with E-state index in [4.69, 9.17) is 4.74 Å². The second-order valence-electron chi connectivity index (χ2n) is 14.2. The predicted octanol–water partition coefficient (Wildman–Crippen LogP) is 3.25. The third kappa shape index (κ3) is 10.1. The van der Waals surface area contributed by atoms with E-state index in [0.29, 0.717) is 18.8 Å². The lowest BCUT2D eigenvalue weighted by atomic mass is 10.0. The minimum Gasteiger partial charge on any atom is -0.486 e. The quantitative estimate of drug-likeness (QED) is 0.371. The van der Waals surface area contributed by atoms with Crippen molar-refractivity contribution >= 4 is 23.6 Å². The van der Waals surface area contributed by atoms with Gasteiger partial charge in [0.05, 0.1) is 17.9 Å². The van der Waals surface area contributed by atoms with Gasteiger partial charge in [-0.15, -0.1) is 5.10 Å². The summed E-state index contributed by atoms with van der Waals surface area (Å²) in [6.45, 7) is 4.73. The number of carbonyl (C=O) groups is 4. The SMILES string of the molecule is CC(C)C[C@H]1NC(=O)c2ccc(F)cc2OCc2cn(nn2)CCCCCCCNC(=O)[C@H](Cc2ccccc2)N(C)C(=O)[C@H]2C[C@H](O)CN2C1=O. The highest BCUT2D eigenvalue weighted by Crippen LogP contribution is 2.26. The lowest BCUT2D eigenvalue weighted by Crippen LogP contribution is -2.57. The highest BCUT2D eigenvalue weighted by Gasteiger charge is 2.44. The van der Waals surface area contributed by atoms with Gasteiger partial charge in [0, 0.05) is 45.6 Å². The molecule has 2 aliphatic heterocycles. The first kappa shape index (κ1) is 38.4. The number of likely N-dealkylation sites (N-methyl/N-ethyl adjacent to an activating group) is 1. The molecule has 1 aromatic heterocycles. The minimum absolute atomic E-state index is 0.0164. The molecule has 3 N–H and O–H groups in total. The summed E-state index contributed by atoms with van der Waals surface area (Å²) in [7, 11) is 1.55. The number of amides is 4. The van der Waals surface area contributed by atoms with Gasteiger partial charge in [-0.3, -0.25) is 23.9 Å². The molecule has 0 spiro atoms. The Morgan fingerprint density at radius 3 is 2.52 bits per heavy atom. The topological polar surface area (TPSA) is 159 Å². The lowest BCUT2D eigenvalue weighted by molar-refractivity contribution is -0.147. The summed E-state index contributed by atoms with van der Waals surface area (Å²) < 4.78 is 22.0. The monoisotopic (exact) mass is 719 g/mol. The summed E-state index contributed by atoms with van der Waals surface area (Å²) in [5.41, 5.74) is 1.39. The molecule has 14 heteroatoms. The Labute approximate surface area is 303 Å². The first-order valence-electron chi connectivity index (χ1n) is 18.2.